The first-order valence-electron chi connectivity index (χ1n) is 12.5. The standard InChI is InChI=1S/C27H34N4O3S/c1-2-3-4-7-14-31-26(33)23-8-5-6-9-24(23)29-27(31)35-20-25(32)28-22-12-10-21(11-13-22)19-30-15-17-34-18-16-30/h5-6,8-13H,2-4,7,14-20H2,1H3,(H,28,32). The largest absolute Gasteiger partial charge is 0.379 e. The molecule has 0 radical (unpaired) electrons. The maximum Gasteiger partial charge on any atom is 0.262 e. The third-order valence-corrected chi connectivity index (χ3v) is 7.12. The number of benzene rings is 2. The van der Waals surface area contributed by atoms with Crippen LogP contribution in [0.1, 0.15) is 38.2 Å². The topological polar surface area (TPSA) is 76.5 Å². The zero-order valence-corrected chi connectivity index (χ0v) is 21.2. The van der Waals surface area contributed by atoms with E-state index in [9.17, 15) is 9.59 Å². The summed E-state index contributed by atoms with van der Waals surface area (Å²) in [7, 11) is 0. The number of carbonyl (C=O) groups is 1. The van der Waals surface area contributed by atoms with Crippen molar-refractivity contribution >= 4 is 34.3 Å². The van der Waals surface area contributed by atoms with E-state index in [-0.39, 0.29) is 17.2 Å². The van der Waals surface area contributed by atoms with Crippen molar-refractivity contribution < 1.29 is 9.53 Å². The average Bonchev–Trinajstić information content (AvgIpc) is 2.88. The predicted octanol–water partition coefficient (Wildman–Crippen LogP) is 4.54. The Labute approximate surface area is 210 Å². The number of hydrogen-bond acceptors (Lipinski definition) is 6. The molecular formula is C27H34N4O3S. The SMILES string of the molecule is CCCCCCn1c(SCC(=O)Nc2ccc(CN3CCOCC3)cc2)nc2ccccc2c1=O. The van der Waals surface area contributed by atoms with Crippen molar-refractivity contribution in [3.8, 4) is 0 Å². The van der Waals surface area contributed by atoms with Gasteiger partial charge in [-0.2, -0.15) is 0 Å². The Kier molecular flexibility index (Phi) is 9.34. The van der Waals surface area contributed by atoms with Gasteiger partial charge in [-0.15, -0.1) is 0 Å². The molecule has 186 valence electrons. The molecule has 0 unspecified atom stereocenters. The summed E-state index contributed by atoms with van der Waals surface area (Å²) in [6.45, 7) is 7.13. The van der Waals surface area contributed by atoms with Crippen LogP contribution in [0.3, 0.4) is 0 Å². The lowest BCUT2D eigenvalue weighted by molar-refractivity contribution is -0.113. The van der Waals surface area contributed by atoms with Crippen molar-refractivity contribution in [1.29, 1.82) is 0 Å². The molecule has 0 bridgehead atoms. The molecule has 3 aromatic rings. The maximum atomic E-state index is 13.1. The number of amides is 1. The van der Waals surface area contributed by atoms with E-state index in [1.54, 1.807) is 4.57 Å². The highest BCUT2D eigenvalue weighted by Gasteiger charge is 2.14. The smallest absolute Gasteiger partial charge is 0.262 e. The van der Waals surface area contributed by atoms with Gasteiger partial charge in [-0.1, -0.05) is 62.2 Å². The molecule has 1 aliphatic rings. The number of anilines is 1. The third kappa shape index (κ3) is 7.16. The van der Waals surface area contributed by atoms with Crippen LogP contribution in [0.25, 0.3) is 10.9 Å². The molecule has 1 fully saturated rings. The van der Waals surface area contributed by atoms with Gasteiger partial charge in [0.15, 0.2) is 5.16 Å². The fourth-order valence-electron chi connectivity index (χ4n) is 4.19. The van der Waals surface area contributed by atoms with Gasteiger partial charge in [0.1, 0.15) is 0 Å². The average molecular weight is 495 g/mol. The number of nitrogens with zero attached hydrogens (tertiary/aromatic N) is 3. The molecule has 1 N–H and O–H groups in total. The normalized spacial score (nSPS) is 14.3. The fourth-order valence-corrected chi connectivity index (χ4v) is 5.02. The molecule has 0 aliphatic carbocycles. The highest BCUT2D eigenvalue weighted by Crippen LogP contribution is 2.20. The van der Waals surface area contributed by atoms with E-state index < -0.39 is 0 Å². The van der Waals surface area contributed by atoms with E-state index in [1.807, 2.05) is 36.4 Å². The predicted molar refractivity (Wildman–Crippen MR) is 142 cm³/mol. The fraction of sp³-hybridized carbons (Fsp3) is 0.444. The number of para-hydroxylation sites is 1. The Morgan fingerprint density at radius 3 is 2.60 bits per heavy atom. The van der Waals surface area contributed by atoms with Crippen LogP contribution in [0.2, 0.25) is 0 Å². The minimum atomic E-state index is -0.115. The van der Waals surface area contributed by atoms with Gasteiger partial charge in [0.2, 0.25) is 5.91 Å². The zero-order chi connectivity index (χ0) is 24.5. The highest BCUT2D eigenvalue weighted by molar-refractivity contribution is 7.99. The van der Waals surface area contributed by atoms with Crippen LogP contribution in [0.4, 0.5) is 5.69 Å². The first kappa shape index (κ1) is 25.4. The van der Waals surface area contributed by atoms with E-state index >= 15 is 0 Å². The van der Waals surface area contributed by atoms with Gasteiger partial charge in [-0.25, -0.2) is 4.98 Å². The minimum Gasteiger partial charge on any atom is -0.379 e. The van der Waals surface area contributed by atoms with Gasteiger partial charge in [0.25, 0.3) is 5.56 Å². The molecule has 1 aliphatic heterocycles. The summed E-state index contributed by atoms with van der Waals surface area (Å²) >= 11 is 1.31. The number of nitrogens with one attached hydrogen (secondary N) is 1. The van der Waals surface area contributed by atoms with Crippen LogP contribution >= 0.6 is 11.8 Å². The lowest BCUT2D eigenvalue weighted by atomic mass is 10.2. The first-order chi connectivity index (χ1) is 17.1. The number of unbranched alkanes of at least 4 members (excludes halogenated alkanes) is 3. The lowest BCUT2D eigenvalue weighted by Gasteiger charge is -2.26. The van der Waals surface area contributed by atoms with Crippen molar-refractivity contribution in [1.82, 2.24) is 14.5 Å². The Morgan fingerprint density at radius 2 is 1.83 bits per heavy atom. The van der Waals surface area contributed by atoms with Crippen LogP contribution in [0.5, 0.6) is 0 Å². The zero-order valence-electron chi connectivity index (χ0n) is 20.4. The van der Waals surface area contributed by atoms with E-state index in [0.29, 0.717) is 22.6 Å². The summed E-state index contributed by atoms with van der Waals surface area (Å²) < 4.78 is 7.14. The van der Waals surface area contributed by atoms with Crippen molar-refractivity contribution in [2.24, 2.45) is 0 Å². The second-order valence-corrected chi connectivity index (χ2v) is 9.79. The lowest BCUT2D eigenvalue weighted by Crippen LogP contribution is -2.35. The molecule has 8 heteroatoms. The number of hydrogen-bond donors (Lipinski definition) is 1. The summed E-state index contributed by atoms with van der Waals surface area (Å²) in [4.78, 5) is 32.9. The van der Waals surface area contributed by atoms with Crippen LogP contribution in [0.15, 0.2) is 58.5 Å². The van der Waals surface area contributed by atoms with Crippen molar-refractivity contribution in [2.75, 3.05) is 37.4 Å². The molecule has 1 aromatic heterocycles. The van der Waals surface area contributed by atoms with Gasteiger partial charge < -0.3 is 10.1 Å². The highest BCUT2D eigenvalue weighted by atomic mass is 32.2. The third-order valence-electron chi connectivity index (χ3n) is 6.14. The number of thioether (sulfide) groups is 1. The number of carbonyl (C=O) groups excluding carboxylic acids is 1. The van der Waals surface area contributed by atoms with Crippen LogP contribution < -0.4 is 10.9 Å². The van der Waals surface area contributed by atoms with E-state index in [2.05, 4.69) is 29.3 Å². The minimum absolute atomic E-state index is 0.0362. The Hall–Kier alpha value is -2.68. The van der Waals surface area contributed by atoms with Gasteiger partial charge in [-0.3, -0.25) is 19.1 Å². The Bertz CT molecular complexity index is 1170. The molecular weight excluding hydrogens is 460 g/mol. The molecule has 1 saturated heterocycles. The van der Waals surface area contributed by atoms with Gasteiger partial charge in [-0.05, 0) is 36.2 Å². The van der Waals surface area contributed by atoms with Gasteiger partial charge in [0.05, 0.1) is 29.9 Å². The van der Waals surface area contributed by atoms with Gasteiger partial charge >= 0.3 is 0 Å². The van der Waals surface area contributed by atoms with Crippen molar-refractivity contribution in [2.45, 2.75) is 50.9 Å². The number of rotatable bonds is 11. The molecule has 1 amide bonds. The molecule has 7 nitrogen and oxygen atoms in total. The summed E-state index contributed by atoms with van der Waals surface area (Å²) in [6.07, 6.45) is 4.28. The Morgan fingerprint density at radius 1 is 1.06 bits per heavy atom. The van der Waals surface area contributed by atoms with Crippen LogP contribution in [0, 0.1) is 0 Å². The van der Waals surface area contributed by atoms with Crippen molar-refractivity contribution in [3.05, 3.63) is 64.4 Å². The van der Waals surface area contributed by atoms with E-state index in [4.69, 9.17) is 9.72 Å². The monoisotopic (exact) mass is 494 g/mol. The molecule has 35 heavy (non-hydrogen) atoms. The number of fused-ring (bicyclic) bond motifs is 1. The molecule has 0 atom stereocenters. The summed E-state index contributed by atoms with van der Waals surface area (Å²) in [5.41, 5.74) is 2.61. The first-order valence-corrected chi connectivity index (χ1v) is 13.4. The van der Waals surface area contributed by atoms with E-state index in [0.717, 1.165) is 64.2 Å². The second kappa shape index (κ2) is 12.9. The number of aromatic nitrogens is 2. The summed E-state index contributed by atoms with van der Waals surface area (Å²) in [5.74, 6) is 0.0748. The maximum absolute atomic E-state index is 13.1. The van der Waals surface area contributed by atoms with Gasteiger partial charge in [0, 0.05) is 31.9 Å². The summed E-state index contributed by atoms with van der Waals surface area (Å²) in [6, 6.07) is 15.4. The summed E-state index contributed by atoms with van der Waals surface area (Å²) in [5, 5.41) is 4.18. The quantitative estimate of drug-likeness (QED) is 0.240. The molecule has 0 saturated carbocycles. The van der Waals surface area contributed by atoms with Crippen LogP contribution in [-0.2, 0) is 22.6 Å². The Balaban J connectivity index is 1.38. The second-order valence-electron chi connectivity index (χ2n) is 8.85. The molecule has 4 rings (SSSR count). The van der Waals surface area contributed by atoms with Crippen molar-refractivity contribution in [3.63, 3.8) is 0 Å². The molecule has 0 spiro atoms. The number of ether oxygens (including phenoxy) is 1. The van der Waals surface area contributed by atoms with Crippen LogP contribution in [-0.4, -0.2) is 52.4 Å². The molecule has 2 aromatic carbocycles. The molecule has 2 heterocycles. The number of morpholine rings is 1. The van der Waals surface area contributed by atoms with E-state index in [1.165, 1.54) is 17.3 Å².